The first-order valence-corrected chi connectivity index (χ1v) is 7.22. The van der Waals surface area contributed by atoms with Crippen molar-refractivity contribution in [2.75, 3.05) is 11.1 Å². The van der Waals surface area contributed by atoms with Gasteiger partial charge in [0.1, 0.15) is 0 Å². The highest BCUT2D eigenvalue weighted by Crippen LogP contribution is 2.24. The summed E-state index contributed by atoms with van der Waals surface area (Å²) >= 11 is 5.18. The number of nitrogen functional groups attached to an aromatic ring is 1. The first kappa shape index (κ1) is 12.5. The first-order chi connectivity index (χ1) is 8.20. The van der Waals surface area contributed by atoms with Gasteiger partial charge in [0.25, 0.3) is 0 Å². The van der Waals surface area contributed by atoms with E-state index in [0.717, 1.165) is 23.1 Å². The fourth-order valence-corrected chi connectivity index (χ4v) is 2.84. The van der Waals surface area contributed by atoms with Gasteiger partial charge < -0.3 is 11.1 Å². The average molecular weight is 311 g/mol. The van der Waals surface area contributed by atoms with Gasteiger partial charge in [-0.05, 0) is 41.6 Å². The highest BCUT2D eigenvalue weighted by molar-refractivity contribution is 9.10. The van der Waals surface area contributed by atoms with Gasteiger partial charge in [-0.25, -0.2) is 0 Å². The second-order valence-corrected chi connectivity index (χ2v) is 5.72. The molecule has 0 saturated heterocycles. The van der Waals surface area contributed by atoms with Crippen molar-refractivity contribution < 1.29 is 0 Å². The van der Waals surface area contributed by atoms with Gasteiger partial charge in [0.2, 0.25) is 0 Å². The number of anilines is 2. The van der Waals surface area contributed by atoms with Gasteiger partial charge in [0.15, 0.2) is 0 Å². The van der Waals surface area contributed by atoms with E-state index in [1.165, 1.54) is 16.1 Å². The van der Waals surface area contributed by atoms with Crippen LogP contribution in [-0.2, 0) is 13.0 Å². The summed E-state index contributed by atoms with van der Waals surface area (Å²) in [6.45, 7) is 2.95. The molecule has 2 rings (SSSR count). The Hall–Kier alpha value is -1.00. The van der Waals surface area contributed by atoms with Crippen LogP contribution >= 0.6 is 27.3 Å². The molecule has 2 nitrogen and oxygen atoms in total. The lowest BCUT2D eigenvalue weighted by molar-refractivity contribution is 1.10. The first-order valence-electron chi connectivity index (χ1n) is 5.55. The normalized spacial score (nSPS) is 10.5. The lowest BCUT2D eigenvalue weighted by Crippen LogP contribution is -2.02. The van der Waals surface area contributed by atoms with Crippen molar-refractivity contribution in [1.82, 2.24) is 0 Å². The molecule has 0 atom stereocenters. The lowest BCUT2D eigenvalue weighted by atomic mass is 10.1. The Bertz CT molecular complexity index is 508. The minimum atomic E-state index is 0.790. The van der Waals surface area contributed by atoms with E-state index >= 15 is 0 Å². The highest BCUT2D eigenvalue weighted by atomic mass is 79.9. The van der Waals surface area contributed by atoms with E-state index in [-0.39, 0.29) is 0 Å². The van der Waals surface area contributed by atoms with Crippen molar-refractivity contribution >= 4 is 38.6 Å². The minimum absolute atomic E-state index is 0.790. The molecule has 0 aliphatic rings. The third kappa shape index (κ3) is 3.01. The molecule has 0 bridgehead atoms. The average Bonchev–Trinajstić information content (AvgIpc) is 2.73. The molecule has 0 unspecified atom stereocenters. The van der Waals surface area contributed by atoms with Crippen LogP contribution in [0.25, 0.3) is 0 Å². The Balaban J connectivity index is 2.11. The minimum Gasteiger partial charge on any atom is -0.398 e. The summed E-state index contributed by atoms with van der Waals surface area (Å²) < 4.78 is 1.12. The fraction of sp³-hybridized carbons (Fsp3) is 0.231. The molecule has 0 amide bonds. The summed E-state index contributed by atoms with van der Waals surface area (Å²) in [4.78, 5) is 1.19. The van der Waals surface area contributed by atoms with Crippen LogP contribution in [-0.4, -0.2) is 0 Å². The van der Waals surface area contributed by atoms with E-state index < -0.39 is 0 Å². The lowest BCUT2D eigenvalue weighted by Gasteiger charge is -2.11. The number of nitrogens with two attached hydrogens (primary N) is 1. The predicted octanol–water partition coefficient (Wildman–Crippen LogP) is 4.27. The summed E-state index contributed by atoms with van der Waals surface area (Å²) in [5, 5.41) is 5.47. The van der Waals surface area contributed by atoms with E-state index in [0.29, 0.717) is 0 Å². The molecule has 0 spiro atoms. The standard InChI is InChI=1S/C13H15BrN2S/c1-2-9-7-10(14)3-4-12(9)16-8-13-11(15)5-6-17-13/h3-7,16H,2,8,15H2,1H3. The van der Waals surface area contributed by atoms with E-state index in [1.807, 2.05) is 11.4 Å². The smallest absolute Gasteiger partial charge is 0.0514 e. The van der Waals surface area contributed by atoms with Gasteiger partial charge in [0.05, 0.1) is 6.54 Å². The summed E-state index contributed by atoms with van der Waals surface area (Å²) in [6.07, 6.45) is 1.02. The second-order valence-electron chi connectivity index (χ2n) is 3.81. The summed E-state index contributed by atoms with van der Waals surface area (Å²) in [5.74, 6) is 0. The van der Waals surface area contributed by atoms with Crippen molar-refractivity contribution in [2.24, 2.45) is 0 Å². The zero-order valence-corrected chi connectivity index (χ0v) is 12.1. The van der Waals surface area contributed by atoms with Gasteiger partial charge in [-0.3, -0.25) is 0 Å². The van der Waals surface area contributed by atoms with Crippen LogP contribution in [0.1, 0.15) is 17.4 Å². The molecule has 1 aromatic carbocycles. The van der Waals surface area contributed by atoms with Crippen molar-refractivity contribution in [1.29, 1.82) is 0 Å². The molecular weight excluding hydrogens is 296 g/mol. The maximum atomic E-state index is 5.86. The molecule has 2 aromatic rings. The SMILES string of the molecule is CCc1cc(Br)ccc1NCc1sccc1N. The van der Waals surface area contributed by atoms with Crippen LogP contribution in [0.15, 0.2) is 34.1 Å². The van der Waals surface area contributed by atoms with E-state index in [9.17, 15) is 0 Å². The highest BCUT2D eigenvalue weighted by Gasteiger charge is 2.04. The number of rotatable bonds is 4. The number of benzene rings is 1. The zero-order valence-electron chi connectivity index (χ0n) is 9.66. The third-order valence-electron chi connectivity index (χ3n) is 2.67. The van der Waals surface area contributed by atoms with Crippen molar-refractivity contribution in [2.45, 2.75) is 19.9 Å². The Morgan fingerprint density at radius 1 is 1.35 bits per heavy atom. The molecular formula is C13H15BrN2S. The molecule has 3 N–H and O–H groups in total. The van der Waals surface area contributed by atoms with Gasteiger partial charge >= 0.3 is 0 Å². The molecule has 0 aliphatic heterocycles. The molecule has 1 heterocycles. The third-order valence-corrected chi connectivity index (χ3v) is 4.10. The number of hydrogen-bond acceptors (Lipinski definition) is 3. The van der Waals surface area contributed by atoms with Crippen LogP contribution in [0.5, 0.6) is 0 Å². The molecule has 17 heavy (non-hydrogen) atoms. The van der Waals surface area contributed by atoms with E-state index in [2.05, 4.69) is 46.4 Å². The molecule has 0 fully saturated rings. The van der Waals surface area contributed by atoms with Crippen molar-refractivity contribution in [3.05, 3.63) is 44.6 Å². The molecule has 1 aromatic heterocycles. The zero-order chi connectivity index (χ0) is 12.3. The summed E-state index contributed by atoms with van der Waals surface area (Å²) in [7, 11) is 0. The number of nitrogens with one attached hydrogen (secondary N) is 1. The maximum Gasteiger partial charge on any atom is 0.0514 e. The Labute approximate surface area is 114 Å². The predicted molar refractivity (Wildman–Crippen MR) is 79.6 cm³/mol. The Morgan fingerprint density at radius 3 is 2.82 bits per heavy atom. The molecule has 0 saturated carbocycles. The molecule has 0 aliphatic carbocycles. The number of aryl methyl sites for hydroxylation is 1. The topological polar surface area (TPSA) is 38.0 Å². The summed E-state index contributed by atoms with van der Waals surface area (Å²) in [6, 6.07) is 8.26. The van der Waals surface area contributed by atoms with Crippen molar-refractivity contribution in [3.8, 4) is 0 Å². The molecule has 4 heteroatoms. The van der Waals surface area contributed by atoms with Crippen molar-refractivity contribution in [3.63, 3.8) is 0 Å². The Morgan fingerprint density at radius 2 is 2.18 bits per heavy atom. The van der Waals surface area contributed by atoms with Gasteiger partial charge in [-0.15, -0.1) is 11.3 Å². The quantitative estimate of drug-likeness (QED) is 0.885. The fourth-order valence-electron chi connectivity index (χ4n) is 1.70. The van der Waals surface area contributed by atoms with Crippen LogP contribution in [0, 0.1) is 0 Å². The Kier molecular flexibility index (Phi) is 4.07. The van der Waals surface area contributed by atoms with Crippen LogP contribution in [0.4, 0.5) is 11.4 Å². The maximum absolute atomic E-state index is 5.86. The van der Waals surface area contributed by atoms with Gasteiger partial charge in [-0.2, -0.15) is 0 Å². The summed E-state index contributed by atoms with van der Waals surface area (Å²) in [5.41, 5.74) is 9.23. The monoisotopic (exact) mass is 310 g/mol. The number of hydrogen-bond donors (Lipinski definition) is 2. The largest absolute Gasteiger partial charge is 0.398 e. The van der Waals surface area contributed by atoms with Crippen LogP contribution in [0.3, 0.4) is 0 Å². The van der Waals surface area contributed by atoms with E-state index in [4.69, 9.17) is 5.73 Å². The molecule has 0 radical (unpaired) electrons. The van der Waals surface area contributed by atoms with E-state index in [1.54, 1.807) is 11.3 Å². The number of thiophene rings is 1. The van der Waals surface area contributed by atoms with Gasteiger partial charge in [-0.1, -0.05) is 22.9 Å². The van der Waals surface area contributed by atoms with Gasteiger partial charge in [0, 0.05) is 20.7 Å². The molecule has 90 valence electrons. The second kappa shape index (κ2) is 5.56. The number of halogens is 1. The van der Waals surface area contributed by atoms with Crippen LogP contribution < -0.4 is 11.1 Å². The van der Waals surface area contributed by atoms with Crippen LogP contribution in [0.2, 0.25) is 0 Å².